The number of amides is 1. The van der Waals surface area contributed by atoms with Crippen LogP contribution in [0.15, 0.2) is 17.1 Å². The van der Waals surface area contributed by atoms with Gasteiger partial charge in [-0.2, -0.15) is 0 Å². The first-order valence-corrected chi connectivity index (χ1v) is 8.67. The monoisotopic (exact) mass is 363 g/mol. The quantitative estimate of drug-likeness (QED) is 0.606. The average Bonchev–Trinajstić information content (AvgIpc) is 3.36. The molecule has 1 saturated carbocycles. The summed E-state index contributed by atoms with van der Waals surface area (Å²) in [4.78, 5) is 38.5. The zero-order valence-electron chi connectivity index (χ0n) is 14.7. The van der Waals surface area contributed by atoms with E-state index < -0.39 is 18.2 Å². The smallest absolute Gasteiger partial charge is 0.311 e. The number of hydrogen-bond donors (Lipinski definition) is 1. The van der Waals surface area contributed by atoms with Crippen molar-refractivity contribution in [1.82, 2.24) is 9.58 Å². The maximum absolute atomic E-state index is 13.0. The van der Waals surface area contributed by atoms with Gasteiger partial charge in [0, 0.05) is 12.3 Å². The van der Waals surface area contributed by atoms with Crippen molar-refractivity contribution in [2.45, 2.75) is 38.5 Å². The van der Waals surface area contributed by atoms with Crippen molar-refractivity contribution in [2.75, 3.05) is 25.4 Å². The normalized spacial score (nSPS) is 22.5. The van der Waals surface area contributed by atoms with Crippen LogP contribution in [0, 0.1) is 5.92 Å². The molecule has 1 saturated heterocycles. The SMILES string of the molecule is CC(C)C(=O)OCOc1c2n(ccc1=O)NC1COC3(CC3)CN1C2=O. The van der Waals surface area contributed by atoms with E-state index in [1.165, 1.54) is 16.9 Å². The Bertz CT molecular complexity index is 813. The minimum Gasteiger partial charge on any atom is -0.451 e. The molecule has 1 unspecified atom stereocenters. The second-order valence-electron chi connectivity index (χ2n) is 7.18. The first-order chi connectivity index (χ1) is 12.4. The van der Waals surface area contributed by atoms with E-state index in [4.69, 9.17) is 14.2 Å². The predicted molar refractivity (Wildman–Crippen MR) is 89.2 cm³/mol. The van der Waals surface area contributed by atoms with Gasteiger partial charge in [0.05, 0.1) is 24.7 Å². The van der Waals surface area contributed by atoms with Crippen molar-refractivity contribution < 1.29 is 23.8 Å². The number of ether oxygens (including phenoxy) is 3. The summed E-state index contributed by atoms with van der Waals surface area (Å²) >= 11 is 0. The summed E-state index contributed by atoms with van der Waals surface area (Å²) in [5.41, 5.74) is 2.57. The van der Waals surface area contributed by atoms with Gasteiger partial charge in [-0.25, -0.2) is 0 Å². The van der Waals surface area contributed by atoms with Crippen LogP contribution in [0.1, 0.15) is 37.2 Å². The van der Waals surface area contributed by atoms with E-state index in [1.807, 2.05) is 0 Å². The molecule has 1 aromatic heterocycles. The minimum atomic E-state index is -0.445. The maximum atomic E-state index is 13.0. The van der Waals surface area contributed by atoms with Crippen LogP contribution >= 0.6 is 0 Å². The summed E-state index contributed by atoms with van der Waals surface area (Å²) in [6, 6.07) is 1.30. The van der Waals surface area contributed by atoms with Crippen molar-refractivity contribution in [1.29, 1.82) is 0 Å². The van der Waals surface area contributed by atoms with Crippen LogP contribution < -0.4 is 15.6 Å². The second kappa shape index (κ2) is 6.01. The molecular weight excluding hydrogens is 342 g/mol. The number of hydrogen-bond acceptors (Lipinski definition) is 7. The van der Waals surface area contributed by atoms with Gasteiger partial charge >= 0.3 is 5.97 Å². The standard InChI is InChI=1S/C17H21N3O6/c1-10(2)16(23)25-9-24-14-11(21)3-6-20-13(14)15(22)19-8-17(4-5-17)26-7-12(19)18-20/h3,6,10,12,18H,4-5,7-9H2,1-2H3. The number of nitrogens with zero attached hydrogens (tertiary/aromatic N) is 2. The van der Waals surface area contributed by atoms with Gasteiger partial charge in [0.2, 0.25) is 18.0 Å². The largest absolute Gasteiger partial charge is 0.451 e. The van der Waals surface area contributed by atoms with E-state index in [0.717, 1.165) is 12.8 Å². The van der Waals surface area contributed by atoms with Crippen molar-refractivity contribution in [2.24, 2.45) is 5.92 Å². The van der Waals surface area contributed by atoms with Crippen molar-refractivity contribution in [3.63, 3.8) is 0 Å². The van der Waals surface area contributed by atoms with Gasteiger partial charge in [-0.1, -0.05) is 13.8 Å². The number of fused-ring (bicyclic) bond motifs is 2. The lowest BCUT2D eigenvalue weighted by Crippen LogP contribution is -2.62. The Hall–Kier alpha value is -2.55. The molecule has 1 aromatic rings. The molecule has 1 amide bonds. The molecule has 9 nitrogen and oxygen atoms in total. The highest BCUT2D eigenvalue weighted by Crippen LogP contribution is 2.43. The fourth-order valence-corrected chi connectivity index (χ4v) is 3.15. The van der Waals surface area contributed by atoms with E-state index in [9.17, 15) is 14.4 Å². The van der Waals surface area contributed by atoms with Crippen LogP contribution in [0.3, 0.4) is 0 Å². The first kappa shape index (κ1) is 16.9. The van der Waals surface area contributed by atoms with E-state index >= 15 is 0 Å². The van der Waals surface area contributed by atoms with E-state index in [1.54, 1.807) is 18.7 Å². The van der Waals surface area contributed by atoms with Gasteiger partial charge in [-0.3, -0.25) is 19.1 Å². The number of aromatic nitrogens is 1. The number of morpholine rings is 1. The van der Waals surface area contributed by atoms with Crippen LogP contribution in [0.25, 0.3) is 0 Å². The Labute approximate surface area is 149 Å². The molecule has 4 rings (SSSR count). The number of carbonyl (C=O) groups excluding carboxylic acids is 2. The lowest BCUT2D eigenvalue weighted by Gasteiger charge is -2.44. The molecule has 26 heavy (non-hydrogen) atoms. The van der Waals surface area contributed by atoms with Gasteiger partial charge in [-0.05, 0) is 12.8 Å². The topological polar surface area (TPSA) is 99.1 Å². The summed E-state index contributed by atoms with van der Waals surface area (Å²) in [6.07, 6.45) is 3.05. The number of rotatable bonds is 4. The molecule has 0 bridgehead atoms. The predicted octanol–water partition coefficient (Wildman–Crippen LogP) is 0.272. The van der Waals surface area contributed by atoms with Crippen LogP contribution in [0.4, 0.5) is 0 Å². The van der Waals surface area contributed by atoms with Gasteiger partial charge in [-0.15, -0.1) is 0 Å². The summed E-state index contributed by atoms with van der Waals surface area (Å²) < 4.78 is 17.7. The molecule has 0 radical (unpaired) electrons. The Morgan fingerprint density at radius 1 is 1.42 bits per heavy atom. The summed E-state index contributed by atoms with van der Waals surface area (Å²) in [5, 5.41) is 0. The number of pyridine rings is 1. The molecular formula is C17H21N3O6. The Kier molecular flexibility index (Phi) is 3.91. The molecule has 1 aliphatic carbocycles. The molecule has 1 spiro atoms. The molecule has 2 aliphatic heterocycles. The van der Waals surface area contributed by atoms with Gasteiger partial charge < -0.3 is 24.5 Å². The van der Waals surface area contributed by atoms with Crippen molar-refractivity contribution in [3.8, 4) is 5.75 Å². The Morgan fingerprint density at radius 2 is 2.19 bits per heavy atom. The molecule has 3 heterocycles. The van der Waals surface area contributed by atoms with Crippen molar-refractivity contribution >= 4 is 11.9 Å². The molecule has 0 aromatic carbocycles. The van der Waals surface area contributed by atoms with Crippen LogP contribution in [0.5, 0.6) is 5.75 Å². The highest BCUT2D eigenvalue weighted by molar-refractivity contribution is 5.96. The number of nitrogens with one attached hydrogen (secondary N) is 1. The Balaban J connectivity index is 1.58. The summed E-state index contributed by atoms with van der Waals surface area (Å²) in [5.74, 6) is -1.18. The van der Waals surface area contributed by atoms with Gasteiger partial charge in [0.1, 0.15) is 6.17 Å². The fourth-order valence-electron chi connectivity index (χ4n) is 3.15. The van der Waals surface area contributed by atoms with Gasteiger partial charge in [0.15, 0.2) is 5.69 Å². The third kappa shape index (κ3) is 2.82. The maximum Gasteiger partial charge on any atom is 0.311 e. The molecule has 2 fully saturated rings. The van der Waals surface area contributed by atoms with E-state index in [-0.39, 0.29) is 35.0 Å². The zero-order valence-corrected chi connectivity index (χ0v) is 14.7. The fraction of sp³-hybridized carbons (Fsp3) is 0.588. The Morgan fingerprint density at radius 3 is 2.88 bits per heavy atom. The number of esters is 1. The third-order valence-corrected chi connectivity index (χ3v) is 4.87. The lowest BCUT2D eigenvalue weighted by molar-refractivity contribution is -0.154. The second-order valence-corrected chi connectivity index (χ2v) is 7.18. The average molecular weight is 363 g/mol. The first-order valence-electron chi connectivity index (χ1n) is 8.67. The number of carbonyl (C=O) groups is 2. The third-order valence-electron chi connectivity index (χ3n) is 4.87. The molecule has 9 heteroatoms. The van der Waals surface area contributed by atoms with Crippen LogP contribution in [-0.2, 0) is 14.3 Å². The highest BCUT2D eigenvalue weighted by Gasteiger charge is 2.52. The molecule has 140 valence electrons. The lowest BCUT2D eigenvalue weighted by atomic mass is 10.1. The molecule has 1 atom stereocenters. The van der Waals surface area contributed by atoms with Crippen LogP contribution in [-0.4, -0.2) is 53.2 Å². The van der Waals surface area contributed by atoms with Gasteiger partial charge in [0.25, 0.3) is 5.91 Å². The van der Waals surface area contributed by atoms with E-state index in [0.29, 0.717) is 13.2 Å². The molecule has 3 aliphatic rings. The molecule has 1 N–H and O–H groups in total. The van der Waals surface area contributed by atoms with Crippen LogP contribution in [0.2, 0.25) is 0 Å². The summed E-state index contributed by atoms with van der Waals surface area (Å²) in [6.45, 7) is 3.84. The minimum absolute atomic E-state index is 0.104. The highest BCUT2D eigenvalue weighted by atomic mass is 16.7. The van der Waals surface area contributed by atoms with Crippen molar-refractivity contribution in [3.05, 3.63) is 28.2 Å². The van der Waals surface area contributed by atoms with E-state index in [2.05, 4.69) is 5.43 Å². The zero-order chi connectivity index (χ0) is 18.5. The summed E-state index contributed by atoms with van der Waals surface area (Å²) in [7, 11) is 0.